The number of nitro groups is 1. The Hall–Kier alpha value is -2.68. The van der Waals surface area contributed by atoms with E-state index in [1.54, 1.807) is 23.7 Å². The fourth-order valence-electron chi connectivity index (χ4n) is 3.12. The lowest BCUT2D eigenvalue weighted by molar-refractivity contribution is -0.385. The van der Waals surface area contributed by atoms with Crippen molar-refractivity contribution in [1.82, 2.24) is 9.78 Å². The monoisotopic (exact) mass is 296 g/mol. The zero-order valence-electron chi connectivity index (χ0n) is 12.3. The normalized spacial score (nSPS) is 16.8. The van der Waals surface area contributed by atoms with E-state index in [2.05, 4.69) is 11.2 Å². The summed E-state index contributed by atoms with van der Waals surface area (Å²) in [4.78, 5) is 10.7. The SMILES string of the molecule is Cc1ccc(-n2ncc3c2CCCC3CC#N)cc1[N+](=O)[O-]. The predicted octanol–water partition coefficient (Wildman–Crippen LogP) is 3.42. The molecule has 6 nitrogen and oxygen atoms in total. The first-order valence-electron chi connectivity index (χ1n) is 7.31. The number of fused-ring (bicyclic) bond motifs is 1. The van der Waals surface area contributed by atoms with Gasteiger partial charge in [-0.3, -0.25) is 10.1 Å². The van der Waals surface area contributed by atoms with E-state index in [9.17, 15) is 10.1 Å². The molecule has 1 atom stereocenters. The van der Waals surface area contributed by atoms with Crippen molar-refractivity contribution in [2.24, 2.45) is 0 Å². The summed E-state index contributed by atoms with van der Waals surface area (Å²) >= 11 is 0. The number of nitriles is 1. The standard InChI is InChI=1S/C16H16N4O2/c1-11-5-6-13(9-16(11)20(21)22)19-15-4-2-3-12(7-8-17)14(15)10-18-19/h5-6,9-10,12H,2-4,7H2,1H3. The highest BCUT2D eigenvalue weighted by Gasteiger charge is 2.25. The second-order valence-corrected chi connectivity index (χ2v) is 5.64. The Morgan fingerprint density at radius 3 is 3.09 bits per heavy atom. The van der Waals surface area contributed by atoms with Crippen LogP contribution in [0, 0.1) is 28.4 Å². The van der Waals surface area contributed by atoms with Gasteiger partial charge in [-0.25, -0.2) is 4.68 Å². The van der Waals surface area contributed by atoms with Crippen LogP contribution in [0.1, 0.15) is 42.0 Å². The summed E-state index contributed by atoms with van der Waals surface area (Å²) in [6.07, 6.45) is 5.20. The van der Waals surface area contributed by atoms with Crippen molar-refractivity contribution >= 4 is 5.69 Å². The van der Waals surface area contributed by atoms with Crippen LogP contribution >= 0.6 is 0 Å². The molecule has 3 rings (SSSR count). The van der Waals surface area contributed by atoms with Gasteiger partial charge in [-0.1, -0.05) is 6.07 Å². The average Bonchev–Trinajstić information content (AvgIpc) is 2.93. The first-order chi connectivity index (χ1) is 10.6. The molecule has 112 valence electrons. The summed E-state index contributed by atoms with van der Waals surface area (Å²) in [6, 6.07) is 7.40. The first kappa shape index (κ1) is 14.3. The number of aromatic nitrogens is 2. The number of nitrogens with zero attached hydrogens (tertiary/aromatic N) is 4. The zero-order valence-corrected chi connectivity index (χ0v) is 12.3. The van der Waals surface area contributed by atoms with E-state index >= 15 is 0 Å². The lowest BCUT2D eigenvalue weighted by atomic mass is 9.85. The van der Waals surface area contributed by atoms with Gasteiger partial charge in [-0.2, -0.15) is 10.4 Å². The maximum absolute atomic E-state index is 11.1. The van der Waals surface area contributed by atoms with Crippen molar-refractivity contribution < 1.29 is 4.92 Å². The molecule has 0 radical (unpaired) electrons. The van der Waals surface area contributed by atoms with Crippen LogP contribution in [0.3, 0.4) is 0 Å². The minimum absolute atomic E-state index is 0.103. The molecular weight excluding hydrogens is 280 g/mol. The molecule has 0 bridgehead atoms. The fourth-order valence-corrected chi connectivity index (χ4v) is 3.12. The molecule has 1 aliphatic rings. The number of hydrogen-bond acceptors (Lipinski definition) is 4. The molecule has 1 unspecified atom stereocenters. The molecule has 0 saturated carbocycles. The van der Waals surface area contributed by atoms with Crippen LogP contribution in [0.4, 0.5) is 5.69 Å². The van der Waals surface area contributed by atoms with Gasteiger partial charge in [0, 0.05) is 29.7 Å². The second-order valence-electron chi connectivity index (χ2n) is 5.64. The number of nitro benzene ring substituents is 1. The van der Waals surface area contributed by atoms with Gasteiger partial charge in [0.1, 0.15) is 0 Å². The lowest BCUT2D eigenvalue weighted by Crippen LogP contribution is -2.12. The van der Waals surface area contributed by atoms with Gasteiger partial charge < -0.3 is 0 Å². The van der Waals surface area contributed by atoms with Crippen molar-refractivity contribution in [1.29, 1.82) is 5.26 Å². The first-order valence-corrected chi connectivity index (χ1v) is 7.31. The van der Waals surface area contributed by atoms with E-state index in [1.165, 1.54) is 0 Å². The van der Waals surface area contributed by atoms with Crippen molar-refractivity contribution in [3.05, 3.63) is 51.3 Å². The molecule has 1 aliphatic carbocycles. The van der Waals surface area contributed by atoms with Gasteiger partial charge in [-0.05, 0) is 37.8 Å². The van der Waals surface area contributed by atoms with Crippen LogP contribution in [0.25, 0.3) is 5.69 Å². The third-order valence-corrected chi connectivity index (χ3v) is 4.28. The second kappa shape index (κ2) is 5.60. The quantitative estimate of drug-likeness (QED) is 0.641. The van der Waals surface area contributed by atoms with Crippen LogP contribution in [0.15, 0.2) is 24.4 Å². The number of aryl methyl sites for hydroxylation is 1. The molecular formula is C16H16N4O2. The zero-order chi connectivity index (χ0) is 15.7. The van der Waals surface area contributed by atoms with Crippen molar-refractivity contribution in [2.75, 3.05) is 0 Å². The van der Waals surface area contributed by atoms with Crippen LogP contribution in [0.2, 0.25) is 0 Å². The van der Waals surface area contributed by atoms with Gasteiger partial charge in [0.15, 0.2) is 0 Å². The van der Waals surface area contributed by atoms with Crippen molar-refractivity contribution in [2.45, 2.75) is 38.5 Å². The average molecular weight is 296 g/mol. The minimum atomic E-state index is -0.368. The van der Waals surface area contributed by atoms with Crippen molar-refractivity contribution in [3.63, 3.8) is 0 Å². The molecule has 0 aliphatic heterocycles. The van der Waals surface area contributed by atoms with Crippen LogP contribution in [-0.4, -0.2) is 14.7 Å². The Labute approximate surface area is 128 Å². The molecule has 1 aromatic heterocycles. The molecule has 0 spiro atoms. The molecule has 22 heavy (non-hydrogen) atoms. The topological polar surface area (TPSA) is 84.8 Å². The highest BCUT2D eigenvalue weighted by Crippen LogP contribution is 2.35. The van der Waals surface area contributed by atoms with Gasteiger partial charge in [-0.15, -0.1) is 0 Å². The van der Waals surface area contributed by atoms with Crippen LogP contribution in [-0.2, 0) is 6.42 Å². The Kier molecular flexibility index (Phi) is 3.63. The van der Waals surface area contributed by atoms with E-state index in [-0.39, 0.29) is 16.5 Å². The lowest BCUT2D eigenvalue weighted by Gasteiger charge is -2.21. The molecule has 2 aromatic rings. The van der Waals surface area contributed by atoms with Gasteiger partial charge in [0.2, 0.25) is 0 Å². The highest BCUT2D eigenvalue weighted by atomic mass is 16.6. The number of hydrogen-bond donors (Lipinski definition) is 0. The molecule has 0 saturated heterocycles. The summed E-state index contributed by atoms with van der Waals surface area (Å²) in [7, 11) is 0. The largest absolute Gasteiger partial charge is 0.274 e. The number of rotatable bonds is 3. The third kappa shape index (κ3) is 2.35. The summed E-state index contributed by atoms with van der Waals surface area (Å²) in [5, 5.41) is 24.5. The van der Waals surface area contributed by atoms with Gasteiger partial charge >= 0.3 is 0 Å². The summed E-state index contributed by atoms with van der Waals surface area (Å²) in [5.74, 6) is 0.225. The highest BCUT2D eigenvalue weighted by molar-refractivity contribution is 5.49. The fraction of sp³-hybridized carbons (Fsp3) is 0.375. The van der Waals surface area contributed by atoms with Crippen LogP contribution in [0.5, 0.6) is 0 Å². The van der Waals surface area contributed by atoms with Gasteiger partial charge in [0.05, 0.1) is 22.9 Å². The molecule has 1 aromatic carbocycles. The Bertz CT molecular complexity index is 773. The van der Waals surface area contributed by atoms with E-state index in [0.717, 1.165) is 30.5 Å². The van der Waals surface area contributed by atoms with E-state index in [1.807, 2.05) is 12.3 Å². The summed E-state index contributed by atoms with van der Waals surface area (Å²) in [6.45, 7) is 1.73. The smallest absolute Gasteiger partial charge is 0.258 e. The van der Waals surface area contributed by atoms with Crippen LogP contribution < -0.4 is 0 Å². The number of benzene rings is 1. The molecule has 0 amide bonds. The van der Waals surface area contributed by atoms with E-state index in [0.29, 0.717) is 17.7 Å². The molecule has 6 heteroatoms. The third-order valence-electron chi connectivity index (χ3n) is 4.28. The Balaban J connectivity index is 2.06. The van der Waals surface area contributed by atoms with E-state index in [4.69, 9.17) is 5.26 Å². The maximum Gasteiger partial charge on any atom is 0.274 e. The molecule has 1 heterocycles. The Morgan fingerprint density at radius 2 is 2.36 bits per heavy atom. The maximum atomic E-state index is 11.1. The van der Waals surface area contributed by atoms with Crippen molar-refractivity contribution in [3.8, 4) is 11.8 Å². The summed E-state index contributed by atoms with van der Waals surface area (Å²) < 4.78 is 1.78. The van der Waals surface area contributed by atoms with E-state index < -0.39 is 0 Å². The summed E-state index contributed by atoms with van der Waals surface area (Å²) in [5.41, 5.74) is 3.63. The molecule has 0 fully saturated rings. The minimum Gasteiger partial charge on any atom is -0.258 e. The Morgan fingerprint density at radius 1 is 1.55 bits per heavy atom. The molecule has 0 N–H and O–H groups in total. The van der Waals surface area contributed by atoms with Gasteiger partial charge in [0.25, 0.3) is 5.69 Å². The predicted molar refractivity (Wildman–Crippen MR) is 80.9 cm³/mol.